The molecule has 18 heavy (non-hydrogen) atoms. The van der Waals surface area contributed by atoms with Crippen LogP contribution in [-0.4, -0.2) is 19.3 Å². The summed E-state index contributed by atoms with van der Waals surface area (Å²) in [4.78, 5) is 4.47. The molecule has 0 N–H and O–H groups in total. The van der Waals surface area contributed by atoms with Gasteiger partial charge in [-0.05, 0) is 38.1 Å². The molecular weight excluding hydrogens is 224 g/mol. The molecule has 0 fully saturated rings. The van der Waals surface area contributed by atoms with Crippen molar-refractivity contribution in [3.05, 3.63) is 47.5 Å². The van der Waals surface area contributed by atoms with Gasteiger partial charge in [-0.25, -0.2) is 4.98 Å². The summed E-state index contributed by atoms with van der Waals surface area (Å²) in [6.45, 7) is 4.94. The SMILES string of the molecule is Cc1cc(Cn2c(C)cc3cccnc32)n(C)n1. The summed E-state index contributed by atoms with van der Waals surface area (Å²) in [5, 5.41) is 5.57. The van der Waals surface area contributed by atoms with Crippen LogP contribution in [0.5, 0.6) is 0 Å². The monoisotopic (exact) mass is 240 g/mol. The molecule has 0 aliphatic rings. The molecule has 3 heterocycles. The van der Waals surface area contributed by atoms with E-state index in [-0.39, 0.29) is 0 Å². The highest BCUT2D eigenvalue weighted by Crippen LogP contribution is 2.18. The summed E-state index contributed by atoms with van der Waals surface area (Å²) in [5.74, 6) is 0. The second kappa shape index (κ2) is 3.98. The number of pyridine rings is 1. The molecule has 0 aliphatic carbocycles. The van der Waals surface area contributed by atoms with Gasteiger partial charge in [0.2, 0.25) is 0 Å². The fraction of sp³-hybridized carbons (Fsp3) is 0.286. The van der Waals surface area contributed by atoms with Crippen molar-refractivity contribution >= 4 is 11.0 Å². The molecule has 0 saturated carbocycles. The quantitative estimate of drug-likeness (QED) is 0.689. The molecule has 0 aliphatic heterocycles. The number of nitrogens with zero attached hydrogens (tertiary/aromatic N) is 4. The van der Waals surface area contributed by atoms with Gasteiger partial charge in [-0.2, -0.15) is 5.10 Å². The van der Waals surface area contributed by atoms with Crippen molar-refractivity contribution in [2.24, 2.45) is 7.05 Å². The fourth-order valence-electron chi connectivity index (χ4n) is 2.39. The van der Waals surface area contributed by atoms with Crippen molar-refractivity contribution in [1.29, 1.82) is 0 Å². The van der Waals surface area contributed by atoms with Crippen LogP contribution in [0.2, 0.25) is 0 Å². The Labute approximate surface area is 106 Å². The molecular formula is C14H16N4. The molecule has 4 nitrogen and oxygen atoms in total. The Kier molecular flexibility index (Phi) is 2.44. The first kappa shape index (κ1) is 11.0. The largest absolute Gasteiger partial charge is 0.324 e. The van der Waals surface area contributed by atoms with Gasteiger partial charge < -0.3 is 4.57 Å². The van der Waals surface area contributed by atoms with Gasteiger partial charge in [-0.3, -0.25) is 4.68 Å². The molecule has 3 aromatic heterocycles. The first-order valence-corrected chi connectivity index (χ1v) is 6.05. The van der Waals surface area contributed by atoms with Crippen LogP contribution in [0.15, 0.2) is 30.5 Å². The second-order valence-electron chi connectivity index (χ2n) is 4.69. The maximum Gasteiger partial charge on any atom is 0.140 e. The zero-order chi connectivity index (χ0) is 12.7. The number of rotatable bonds is 2. The molecule has 0 unspecified atom stereocenters. The average molecular weight is 240 g/mol. The topological polar surface area (TPSA) is 35.6 Å². The van der Waals surface area contributed by atoms with Crippen LogP contribution < -0.4 is 0 Å². The molecule has 0 aromatic carbocycles. The highest BCUT2D eigenvalue weighted by molar-refractivity contribution is 5.77. The van der Waals surface area contributed by atoms with E-state index in [4.69, 9.17) is 0 Å². The van der Waals surface area contributed by atoms with Crippen molar-refractivity contribution in [3.63, 3.8) is 0 Å². The molecule has 0 saturated heterocycles. The Morgan fingerprint density at radius 1 is 1.22 bits per heavy atom. The van der Waals surface area contributed by atoms with E-state index in [9.17, 15) is 0 Å². The highest BCUT2D eigenvalue weighted by atomic mass is 15.3. The lowest BCUT2D eigenvalue weighted by Gasteiger charge is -2.07. The minimum Gasteiger partial charge on any atom is -0.324 e. The molecule has 92 valence electrons. The van der Waals surface area contributed by atoms with E-state index >= 15 is 0 Å². The van der Waals surface area contributed by atoms with Gasteiger partial charge in [0.1, 0.15) is 5.65 Å². The lowest BCUT2D eigenvalue weighted by Crippen LogP contribution is -2.07. The molecule has 0 spiro atoms. The van der Waals surface area contributed by atoms with Crippen LogP contribution in [0, 0.1) is 13.8 Å². The number of fused-ring (bicyclic) bond motifs is 1. The van der Waals surface area contributed by atoms with Crippen molar-refractivity contribution in [2.75, 3.05) is 0 Å². The first-order valence-electron chi connectivity index (χ1n) is 6.05. The van der Waals surface area contributed by atoms with Gasteiger partial charge in [0, 0.05) is 24.3 Å². The lowest BCUT2D eigenvalue weighted by atomic mass is 10.3. The van der Waals surface area contributed by atoms with Crippen LogP contribution in [0.25, 0.3) is 11.0 Å². The van der Waals surface area contributed by atoms with E-state index in [0.29, 0.717) is 0 Å². The normalized spacial score (nSPS) is 11.3. The second-order valence-corrected chi connectivity index (χ2v) is 4.69. The van der Waals surface area contributed by atoms with Crippen LogP contribution in [-0.2, 0) is 13.6 Å². The first-order chi connectivity index (χ1) is 8.65. The van der Waals surface area contributed by atoms with E-state index in [1.165, 1.54) is 16.8 Å². The maximum atomic E-state index is 4.47. The number of hydrogen-bond acceptors (Lipinski definition) is 2. The van der Waals surface area contributed by atoms with Gasteiger partial charge in [0.15, 0.2) is 0 Å². The van der Waals surface area contributed by atoms with E-state index in [2.05, 4.69) is 39.8 Å². The van der Waals surface area contributed by atoms with Crippen molar-refractivity contribution in [3.8, 4) is 0 Å². The summed E-state index contributed by atoms with van der Waals surface area (Å²) >= 11 is 0. The van der Waals surface area contributed by atoms with Crippen molar-refractivity contribution in [1.82, 2.24) is 19.3 Å². The fourth-order valence-corrected chi connectivity index (χ4v) is 2.39. The Balaban J connectivity index is 2.09. The van der Waals surface area contributed by atoms with Gasteiger partial charge >= 0.3 is 0 Å². The van der Waals surface area contributed by atoms with Gasteiger partial charge in [0.25, 0.3) is 0 Å². The third kappa shape index (κ3) is 1.70. The Morgan fingerprint density at radius 3 is 2.78 bits per heavy atom. The minimum absolute atomic E-state index is 0.809. The molecule has 3 rings (SSSR count). The van der Waals surface area contributed by atoms with E-state index in [1.807, 2.05) is 30.9 Å². The summed E-state index contributed by atoms with van der Waals surface area (Å²) in [6, 6.07) is 8.36. The van der Waals surface area contributed by atoms with Crippen molar-refractivity contribution < 1.29 is 0 Å². The summed E-state index contributed by atoms with van der Waals surface area (Å²) in [6.07, 6.45) is 1.84. The summed E-state index contributed by atoms with van der Waals surface area (Å²) < 4.78 is 4.16. The summed E-state index contributed by atoms with van der Waals surface area (Å²) in [7, 11) is 1.98. The minimum atomic E-state index is 0.809. The van der Waals surface area contributed by atoms with Gasteiger partial charge in [-0.1, -0.05) is 0 Å². The Hall–Kier alpha value is -2.10. The molecule has 4 heteroatoms. The van der Waals surface area contributed by atoms with Crippen molar-refractivity contribution in [2.45, 2.75) is 20.4 Å². The van der Waals surface area contributed by atoms with Gasteiger partial charge in [0.05, 0.1) is 17.9 Å². The lowest BCUT2D eigenvalue weighted by molar-refractivity contribution is 0.664. The highest BCUT2D eigenvalue weighted by Gasteiger charge is 2.09. The van der Waals surface area contributed by atoms with Crippen LogP contribution in [0.4, 0.5) is 0 Å². The smallest absolute Gasteiger partial charge is 0.140 e. The maximum absolute atomic E-state index is 4.47. The van der Waals surface area contributed by atoms with E-state index in [1.54, 1.807) is 0 Å². The van der Waals surface area contributed by atoms with Crippen LogP contribution >= 0.6 is 0 Å². The number of hydrogen-bond donors (Lipinski definition) is 0. The van der Waals surface area contributed by atoms with Crippen LogP contribution in [0.3, 0.4) is 0 Å². The summed E-state index contributed by atoms with van der Waals surface area (Å²) in [5.41, 5.74) is 4.50. The zero-order valence-electron chi connectivity index (χ0n) is 10.9. The molecule has 0 bridgehead atoms. The van der Waals surface area contributed by atoms with E-state index < -0.39 is 0 Å². The Morgan fingerprint density at radius 2 is 2.06 bits per heavy atom. The molecule has 0 amide bonds. The molecule has 3 aromatic rings. The molecule has 0 radical (unpaired) electrons. The van der Waals surface area contributed by atoms with Crippen LogP contribution in [0.1, 0.15) is 17.1 Å². The van der Waals surface area contributed by atoms with Gasteiger partial charge in [-0.15, -0.1) is 0 Å². The predicted octanol–water partition coefficient (Wildman–Crippen LogP) is 2.43. The van der Waals surface area contributed by atoms with E-state index in [0.717, 1.165) is 17.9 Å². The standard InChI is InChI=1S/C14H16N4/c1-10-7-13(17(3)16-10)9-18-11(2)8-12-5-4-6-15-14(12)18/h4-8H,9H2,1-3H3. The number of aromatic nitrogens is 4. The average Bonchev–Trinajstić information content (AvgIpc) is 2.81. The molecule has 0 atom stereocenters. The third-order valence-electron chi connectivity index (χ3n) is 3.28. The predicted molar refractivity (Wildman–Crippen MR) is 71.5 cm³/mol. The third-order valence-corrected chi connectivity index (χ3v) is 3.28. The number of aryl methyl sites for hydroxylation is 3. The Bertz CT molecular complexity index is 706. The zero-order valence-corrected chi connectivity index (χ0v) is 10.9.